The monoisotopic (exact) mass is 758 g/mol. The van der Waals surface area contributed by atoms with Gasteiger partial charge >= 0.3 is 6.09 Å². The quantitative estimate of drug-likeness (QED) is 0.102. The Hall–Kier alpha value is -5.61. The van der Waals surface area contributed by atoms with E-state index >= 15 is 0 Å². The predicted molar refractivity (Wildman–Crippen MR) is 219 cm³/mol. The summed E-state index contributed by atoms with van der Waals surface area (Å²) in [4.78, 5) is 28.0. The number of ether oxygens (including phenoxy) is 3. The van der Waals surface area contributed by atoms with Crippen LogP contribution in [-0.4, -0.2) is 53.8 Å². The molecule has 4 aromatic carbocycles. The molecule has 2 amide bonds. The van der Waals surface area contributed by atoms with Gasteiger partial charge in [0, 0.05) is 38.8 Å². The molecular formula is C46H54N4O6. The van der Waals surface area contributed by atoms with E-state index in [1.165, 1.54) is 11.1 Å². The average molecular weight is 759 g/mol. The van der Waals surface area contributed by atoms with Gasteiger partial charge in [0.1, 0.15) is 30.3 Å². The van der Waals surface area contributed by atoms with Crippen molar-refractivity contribution in [3.8, 4) is 33.9 Å². The summed E-state index contributed by atoms with van der Waals surface area (Å²) in [7, 11) is 0. The van der Waals surface area contributed by atoms with E-state index in [0.717, 1.165) is 60.5 Å². The number of carbonyl (C=O) groups excluding carboxylic acids is 2. The molecule has 5 aromatic rings. The highest BCUT2D eigenvalue weighted by Crippen LogP contribution is 2.45. The van der Waals surface area contributed by atoms with Gasteiger partial charge in [0.05, 0.1) is 11.1 Å². The van der Waals surface area contributed by atoms with Gasteiger partial charge in [-0.05, 0) is 85.9 Å². The van der Waals surface area contributed by atoms with Crippen LogP contribution in [0.3, 0.4) is 0 Å². The van der Waals surface area contributed by atoms with Crippen molar-refractivity contribution < 1.29 is 28.3 Å². The molecule has 56 heavy (non-hydrogen) atoms. The first-order chi connectivity index (χ1) is 27.0. The fourth-order valence-electron chi connectivity index (χ4n) is 6.83. The maximum absolute atomic E-state index is 13.6. The summed E-state index contributed by atoms with van der Waals surface area (Å²) < 4.78 is 24.6. The van der Waals surface area contributed by atoms with E-state index in [1.807, 2.05) is 94.4 Å². The minimum absolute atomic E-state index is 0.108. The number of amides is 2. The lowest BCUT2D eigenvalue weighted by Gasteiger charge is -2.29. The third kappa shape index (κ3) is 10.4. The Morgan fingerprint density at radius 3 is 2.18 bits per heavy atom. The number of hydrogen-bond donors (Lipinski definition) is 2. The van der Waals surface area contributed by atoms with Crippen LogP contribution in [0, 0.1) is 0 Å². The first-order valence-electron chi connectivity index (χ1n) is 19.6. The molecule has 0 radical (unpaired) electrons. The van der Waals surface area contributed by atoms with E-state index < -0.39 is 11.7 Å². The molecule has 6 rings (SSSR count). The Balaban J connectivity index is 1.32. The van der Waals surface area contributed by atoms with Gasteiger partial charge in [0.15, 0.2) is 11.5 Å². The summed E-state index contributed by atoms with van der Waals surface area (Å²) in [5, 5.41) is 10.2. The number of benzene rings is 4. The molecule has 294 valence electrons. The number of alkyl carbamates (subject to hydrolysis) is 1. The lowest BCUT2D eigenvalue weighted by atomic mass is 9.91. The Morgan fingerprint density at radius 2 is 1.54 bits per heavy atom. The van der Waals surface area contributed by atoms with E-state index in [1.54, 1.807) is 0 Å². The van der Waals surface area contributed by atoms with Crippen molar-refractivity contribution in [3.05, 3.63) is 125 Å². The highest BCUT2D eigenvalue weighted by molar-refractivity contribution is 6.02. The number of hydrogen-bond acceptors (Lipinski definition) is 8. The number of nitrogens with one attached hydrogen (secondary N) is 2. The lowest BCUT2D eigenvalue weighted by Crippen LogP contribution is -2.36. The van der Waals surface area contributed by atoms with Gasteiger partial charge < -0.3 is 29.4 Å². The average Bonchev–Trinajstić information content (AvgIpc) is 3.63. The van der Waals surface area contributed by atoms with Gasteiger partial charge in [0.25, 0.3) is 5.91 Å². The SMILES string of the molecule is CCNC(=O)c1noc(-c2cc(C(C)C)c(OCc3ccccc3)cc2OCc2ccccc2)c1-c1ccc2c(c1)CCN(CCCNC(=O)OC(C)(C)C)C2. The minimum Gasteiger partial charge on any atom is -0.488 e. The topological polar surface area (TPSA) is 115 Å². The second kappa shape index (κ2) is 18.3. The molecule has 1 aliphatic heterocycles. The molecule has 0 spiro atoms. The van der Waals surface area contributed by atoms with Crippen LogP contribution in [0.25, 0.3) is 22.5 Å². The van der Waals surface area contributed by atoms with Crippen LogP contribution in [0.2, 0.25) is 0 Å². The zero-order chi connectivity index (χ0) is 39.7. The van der Waals surface area contributed by atoms with Crippen LogP contribution in [0.1, 0.15) is 92.2 Å². The van der Waals surface area contributed by atoms with E-state index in [9.17, 15) is 9.59 Å². The van der Waals surface area contributed by atoms with Gasteiger partial charge in [0.2, 0.25) is 0 Å². The second-order valence-corrected chi connectivity index (χ2v) is 15.5. The summed E-state index contributed by atoms with van der Waals surface area (Å²) in [5.41, 5.74) is 7.36. The van der Waals surface area contributed by atoms with E-state index in [-0.39, 0.29) is 17.5 Å². The van der Waals surface area contributed by atoms with Gasteiger partial charge in [-0.2, -0.15) is 0 Å². The number of nitrogens with zero attached hydrogens (tertiary/aromatic N) is 2. The van der Waals surface area contributed by atoms with Crippen molar-refractivity contribution in [2.24, 2.45) is 0 Å². The number of aromatic nitrogens is 1. The lowest BCUT2D eigenvalue weighted by molar-refractivity contribution is 0.0525. The predicted octanol–water partition coefficient (Wildman–Crippen LogP) is 9.31. The summed E-state index contributed by atoms with van der Waals surface area (Å²) in [6.07, 6.45) is 1.27. The molecule has 0 aliphatic carbocycles. The highest BCUT2D eigenvalue weighted by Gasteiger charge is 2.29. The minimum atomic E-state index is -0.523. The summed E-state index contributed by atoms with van der Waals surface area (Å²) in [5.74, 6) is 1.55. The fraction of sp³-hybridized carbons (Fsp3) is 0.370. The standard InChI is InChI=1S/C46H54N4O6/c1-7-47-44(51)42-41(35-19-20-36-28-50(24-21-34(36)25-35)23-14-22-48-45(52)55-46(4,5)6)43(56-49-42)38-26-37(31(2)3)39(53-29-32-15-10-8-11-16-32)27-40(38)54-30-33-17-12-9-13-18-33/h8-13,15-20,25-27,31H,7,14,21-24,28-30H2,1-6H3,(H,47,51)(H,48,52). The number of carbonyl (C=O) groups is 2. The van der Waals surface area contributed by atoms with Crippen molar-refractivity contribution >= 4 is 12.0 Å². The molecule has 0 bridgehead atoms. The first kappa shape index (κ1) is 40.1. The molecule has 1 aliphatic rings. The van der Waals surface area contributed by atoms with Crippen molar-refractivity contribution in [2.45, 2.75) is 85.7 Å². The maximum atomic E-state index is 13.6. The van der Waals surface area contributed by atoms with Crippen molar-refractivity contribution in [1.29, 1.82) is 0 Å². The molecule has 1 aromatic heterocycles. The Morgan fingerprint density at radius 1 is 0.857 bits per heavy atom. The Kier molecular flexibility index (Phi) is 13.1. The molecular weight excluding hydrogens is 705 g/mol. The molecule has 0 saturated carbocycles. The molecule has 0 atom stereocenters. The van der Waals surface area contributed by atoms with Gasteiger partial charge in [-0.25, -0.2) is 4.79 Å². The molecule has 0 fully saturated rings. The van der Waals surface area contributed by atoms with Crippen LogP contribution in [-0.2, 0) is 30.9 Å². The largest absolute Gasteiger partial charge is 0.488 e. The van der Waals surface area contributed by atoms with E-state index in [4.69, 9.17) is 18.7 Å². The second-order valence-electron chi connectivity index (χ2n) is 15.5. The van der Waals surface area contributed by atoms with Gasteiger partial charge in [-0.1, -0.05) is 97.9 Å². The smallest absolute Gasteiger partial charge is 0.407 e. The summed E-state index contributed by atoms with van der Waals surface area (Å²) in [6.45, 7) is 16.0. The van der Waals surface area contributed by atoms with Crippen molar-refractivity contribution in [1.82, 2.24) is 20.7 Å². The van der Waals surface area contributed by atoms with Crippen molar-refractivity contribution in [2.75, 3.05) is 26.2 Å². The third-order valence-corrected chi connectivity index (χ3v) is 9.60. The van der Waals surface area contributed by atoms with Crippen LogP contribution in [0.5, 0.6) is 11.5 Å². The third-order valence-electron chi connectivity index (χ3n) is 9.60. The number of rotatable bonds is 15. The zero-order valence-electron chi connectivity index (χ0n) is 33.4. The zero-order valence-corrected chi connectivity index (χ0v) is 33.4. The molecule has 10 heteroatoms. The summed E-state index contributed by atoms with van der Waals surface area (Å²) >= 11 is 0. The van der Waals surface area contributed by atoms with Crippen LogP contribution >= 0.6 is 0 Å². The first-order valence-corrected chi connectivity index (χ1v) is 19.6. The van der Waals surface area contributed by atoms with E-state index in [0.29, 0.717) is 48.9 Å². The Bertz CT molecular complexity index is 2090. The Labute approximate surface area is 330 Å². The van der Waals surface area contributed by atoms with Crippen molar-refractivity contribution in [3.63, 3.8) is 0 Å². The number of fused-ring (bicyclic) bond motifs is 1. The fourth-order valence-corrected chi connectivity index (χ4v) is 6.83. The highest BCUT2D eigenvalue weighted by atomic mass is 16.6. The van der Waals surface area contributed by atoms with Crippen LogP contribution < -0.4 is 20.1 Å². The van der Waals surface area contributed by atoms with Gasteiger partial charge in [-0.15, -0.1) is 0 Å². The van der Waals surface area contributed by atoms with E-state index in [2.05, 4.69) is 58.8 Å². The summed E-state index contributed by atoms with van der Waals surface area (Å²) in [6, 6.07) is 30.5. The molecule has 2 heterocycles. The molecule has 10 nitrogen and oxygen atoms in total. The molecule has 0 unspecified atom stereocenters. The van der Waals surface area contributed by atoms with Crippen LogP contribution in [0.15, 0.2) is 95.5 Å². The maximum Gasteiger partial charge on any atom is 0.407 e. The normalized spacial score (nSPS) is 12.9. The molecule has 0 saturated heterocycles. The van der Waals surface area contributed by atoms with Gasteiger partial charge in [-0.3, -0.25) is 9.69 Å². The molecule has 2 N–H and O–H groups in total. The van der Waals surface area contributed by atoms with Crippen LogP contribution in [0.4, 0.5) is 4.79 Å².